The molecular formula is C17H16BrCl2N5O. The van der Waals surface area contributed by atoms with Gasteiger partial charge in [-0.3, -0.25) is 14.2 Å². The van der Waals surface area contributed by atoms with Crippen LogP contribution in [-0.4, -0.2) is 25.5 Å². The van der Waals surface area contributed by atoms with Crippen LogP contribution in [0, 0.1) is 6.92 Å². The summed E-state index contributed by atoms with van der Waals surface area (Å²) in [7, 11) is 0. The minimum Gasteiger partial charge on any atom is -0.309 e. The van der Waals surface area contributed by atoms with Gasteiger partial charge in [0.15, 0.2) is 5.82 Å². The predicted octanol–water partition coefficient (Wildman–Crippen LogP) is 4.53. The fourth-order valence-corrected chi connectivity index (χ4v) is 3.01. The summed E-state index contributed by atoms with van der Waals surface area (Å²) in [6.07, 6.45) is 3.97. The fraction of sp³-hybridized carbons (Fsp3) is 0.235. The van der Waals surface area contributed by atoms with Gasteiger partial charge in [0.25, 0.3) is 0 Å². The third-order valence-corrected chi connectivity index (χ3v) is 5.21. The van der Waals surface area contributed by atoms with Crippen molar-refractivity contribution in [2.24, 2.45) is 0 Å². The van der Waals surface area contributed by atoms with Crippen molar-refractivity contribution in [2.45, 2.75) is 26.4 Å². The molecule has 6 nitrogen and oxygen atoms in total. The zero-order valence-corrected chi connectivity index (χ0v) is 17.0. The second-order valence-electron chi connectivity index (χ2n) is 5.77. The molecule has 1 N–H and O–H groups in total. The second kappa shape index (κ2) is 8.24. The molecule has 0 fully saturated rings. The zero-order chi connectivity index (χ0) is 18.7. The van der Waals surface area contributed by atoms with Crippen LogP contribution in [-0.2, 0) is 17.9 Å². The number of amides is 1. The Morgan fingerprint density at radius 3 is 2.69 bits per heavy atom. The highest BCUT2D eigenvalue weighted by Crippen LogP contribution is 2.23. The van der Waals surface area contributed by atoms with E-state index in [-0.39, 0.29) is 5.91 Å². The van der Waals surface area contributed by atoms with Crippen LogP contribution in [0.25, 0.3) is 0 Å². The van der Waals surface area contributed by atoms with E-state index >= 15 is 0 Å². The monoisotopic (exact) mass is 455 g/mol. The molecule has 0 aliphatic rings. The minimum atomic E-state index is -0.117. The molecule has 26 heavy (non-hydrogen) atoms. The van der Waals surface area contributed by atoms with Gasteiger partial charge in [-0.15, -0.1) is 0 Å². The molecule has 136 valence electrons. The van der Waals surface area contributed by atoms with Crippen LogP contribution in [0.5, 0.6) is 0 Å². The number of halogens is 3. The number of anilines is 1. The molecule has 0 unspecified atom stereocenters. The number of benzene rings is 1. The van der Waals surface area contributed by atoms with Gasteiger partial charge in [0.1, 0.15) is 0 Å². The summed E-state index contributed by atoms with van der Waals surface area (Å²) in [5.41, 5.74) is 1.87. The molecule has 2 heterocycles. The molecule has 0 atom stereocenters. The molecule has 0 saturated heterocycles. The summed E-state index contributed by atoms with van der Waals surface area (Å²) in [4.78, 5) is 12.1. The lowest BCUT2D eigenvalue weighted by atomic mass is 10.2. The smallest absolute Gasteiger partial charge is 0.227 e. The van der Waals surface area contributed by atoms with E-state index in [9.17, 15) is 4.79 Å². The third-order valence-electron chi connectivity index (χ3n) is 3.69. The number of carbonyl (C=O) groups is 1. The number of hydrogen-bond acceptors (Lipinski definition) is 3. The van der Waals surface area contributed by atoms with Crippen molar-refractivity contribution in [2.75, 3.05) is 5.32 Å². The first kappa shape index (κ1) is 18.9. The Labute approximate surface area is 169 Å². The lowest BCUT2D eigenvalue weighted by molar-refractivity contribution is -0.116. The molecule has 3 aromatic rings. The van der Waals surface area contributed by atoms with Crippen molar-refractivity contribution >= 4 is 50.9 Å². The van der Waals surface area contributed by atoms with Gasteiger partial charge in [-0.2, -0.15) is 10.2 Å². The highest BCUT2D eigenvalue weighted by molar-refractivity contribution is 9.10. The molecule has 1 amide bonds. The van der Waals surface area contributed by atoms with Crippen molar-refractivity contribution in [3.05, 3.63) is 62.4 Å². The van der Waals surface area contributed by atoms with Crippen LogP contribution in [0.1, 0.15) is 17.7 Å². The van der Waals surface area contributed by atoms with Gasteiger partial charge >= 0.3 is 0 Å². The van der Waals surface area contributed by atoms with E-state index in [1.807, 2.05) is 19.2 Å². The average molecular weight is 457 g/mol. The Kier molecular flexibility index (Phi) is 6.01. The molecule has 0 aliphatic heterocycles. The van der Waals surface area contributed by atoms with Crippen LogP contribution in [0.15, 0.2) is 41.1 Å². The Balaban J connectivity index is 1.54. The van der Waals surface area contributed by atoms with Gasteiger partial charge < -0.3 is 5.32 Å². The van der Waals surface area contributed by atoms with E-state index in [1.165, 1.54) is 0 Å². The molecule has 0 bridgehead atoms. The van der Waals surface area contributed by atoms with Crippen LogP contribution < -0.4 is 5.32 Å². The third kappa shape index (κ3) is 4.87. The van der Waals surface area contributed by atoms with Crippen LogP contribution in [0.4, 0.5) is 5.82 Å². The van der Waals surface area contributed by atoms with E-state index in [1.54, 1.807) is 33.8 Å². The quantitative estimate of drug-likeness (QED) is 0.592. The van der Waals surface area contributed by atoms with Gasteiger partial charge in [0, 0.05) is 31.4 Å². The first-order chi connectivity index (χ1) is 12.4. The van der Waals surface area contributed by atoms with Crippen LogP contribution >= 0.6 is 39.1 Å². The lowest BCUT2D eigenvalue weighted by Gasteiger charge is -2.04. The first-order valence-electron chi connectivity index (χ1n) is 7.87. The Hall–Kier alpha value is -1.83. The SMILES string of the molecule is Cc1nn(CCC(=O)Nc2ccn(Cc3ccc(Cl)c(Cl)c3)n2)cc1Br. The highest BCUT2D eigenvalue weighted by atomic mass is 79.9. The molecule has 0 aliphatic carbocycles. The first-order valence-corrected chi connectivity index (χ1v) is 9.42. The molecular weight excluding hydrogens is 441 g/mol. The summed E-state index contributed by atoms with van der Waals surface area (Å²) in [5.74, 6) is 0.391. The summed E-state index contributed by atoms with van der Waals surface area (Å²) in [6, 6.07) is 7.19. The number of aromatic nitrogens is 4. The molecule has 3 rings (SSSR count). The van der Waals surface area contributed by atoms with Gasteiger partial charge in [-0.1, -0.05) is 29.3 Å². The summed E-state index contributed by atoms with van der Waals surface area (Å²) < 4.78 is 4.39. The Bertz CT molecular complexity index is 918. The van der Waals surface area contributed by atoms with E-state index in [2.05, 4.69) is 31.4 Å². The summed E-state index contributed by atoms with van der Waals surface area (Å²) in [5, 5.41) is 12.5. The van der Waals surface area contributed by atoms with E-state index < -0.39 is 0 Å². The topological polar surface area (TPSA) is 64.7 Å². The van der Waals surface area contributed by atoms with Gasteiger partial charge in [-0.05, 0) is 40.5 Å². The number of carbonyl (C=O) groups excluding carboxylic acids is 1. The summed E-state index contributed by atoms with van der Waals surface area (Å²) in [6.45, 7) is 2.94. The molecule has 0 saturated carbocycles. The maximum atomic E-state index is 12.1. The minimum absolute atomic E-state index is 0.117. The maximum Gasteiger partial charge on any atom is 0.227 e. The largest absolute Gasteiger partial charge is 0.309 e. The highest BCUT2D eigenvalue weighted by Gasteiger charge is 2.08. The van der Waals surface area contributed by atoms with Crippen molar-refractivity contribution in [1.29, 1.82) is 0 Å². The van der Waals surface area contributed by atoms with Crippen molar-refractivity contribution in [3.63, 3.8) is 0 Å². The van der Waals surface area contributed by atoms with Gasteiger partial charge in [0.2, 0.25) is 5.91 Å². The molecule has 1 aromatic carbocycles. The number of nitrogens with zero attached hydrogens (tertiary/aromatic N) is 4. The molecule has 9 heteroatoms. The van der Waals surface area contributed by atoms with Gasteiger partial charge in [-0.25, -0.2) is 0 Å². The summed E-state index contributed by atoms with van der Waals surface area (Å²) >= 11 is 15.3. The molecule has 0 radical (unpaired) electrons. The predicted molar refractivity (Wildman–Crippen MR) is 106 cm³/mol. The molecule has 0 spiro atoms. The number of nitrogens with one attached hydrogen (secondary N) is 1. The van der Waals surface area contributed by atoms with Crippen molar-refractivity contribution < 1.29 is 4.79 Å². The maximum absolute atomic E-state index is 12.1. The van der Waals surface area contributed by atoms with E-state index in [0.717, 1.165) is 15.7 Å². The van der Waals surface area contributed by atoms with Crippen LogP contribution in [0.3, 0.4) is 0 Å². The Morgan fingerprint density at radius 1 is 1.19 bits per heavy atom. The van der Waals surface area contributed by atoms with E-state index in [0.29, 0.717) is 35.4 Å². The normalized spacial score (nSPS) is 10.9. The standard InChI is InChI=1S/C17H16BrCl2N5O/c1-11-13(18)10-25(22-11)7-5-17(26)21-16-4-6-24(23-16)9-12-2-3-14(19)15(20)8-12/h2-4,6,8,10H,5,7,9H2,1H3,(H,21,23,26). The van der Waals surface area contributed by atoms with Crippen molar-refractivity contribution in [3.8, 4) is 0 Å². The zero-order valence-electron chi connectivity index (χ0n) is 13.9. The fourth-order valence-electron chi connectivity index (χ4n) is 2.37. The van der Waals surface area contributed by atoms with Gasteiger partial charge in [0.05, 0.1) is 26.8 Å². The number of aryl methyl sites for hydroxylation is 2. The van der Waals surface area contributed by atoms with Crippen molar-refractivity contribution in [1.82, 2.24) is 19.6 Å². The number of hydrogen-bond donors (Lipinski definition) is 1. The second-order valence-corrected chi connectivity index (χ2v) is 7.44. The Morgan fingerprint density at radius 2 is 2.00 bits per heavy atom. The average Bonchev–Trinajstić information content (AvgIpc) is 3.15. The van der Waals surface area contributed by atoms with E-state index in [4.69, 9.17) is 23.2 Å². The van der Waals surface area contributed by atoms with Crippen LogP contribution in [0.2, 0.25) is 10.0 Å². The number of rotatable bonds is 6. The lowest BCUT2D eigenvalue weighted by Crippen LogP contribution is -2.15. The molecule has 2 aromatic heterocycles.